The minimum absolute atomic E-state index is 0.0872. The van der Waals surface area contributed by atoms with Crippen molar-refractivity contribution < 1.29 is 9.53 Å². The van der Waals surface area contributed by atoms with Crippen molar-refractivity contribution in [2.75, 3.05) is 52.3 Å². The van der Waals surface area contributed by atoms with E-state index < -0.39 is 0 Å². The molecule has 0 spiro atoms. The van der Waals surface area contributed by atoms with Gasteiger partial charge in [0.1, 0.15) is 5.69 Å². The molecule has 1 aromatic heterocycles. The van der Waals surface area contributed by atoms with Crippen molar-refractivity contribution in [3.05, 3.63) is 24.0 Å². The van der Waals surface area contributed by atoms with Crippen molar-refractivity contribution in [1.82, 2.24) is 15.2 Å². The number of rotatable bonds is 4. The summed E-state index contributed by atoms with van der Waals surface area (Å²) in [5.41, 5.74) is 1.43. The second-order valence-electron chi connectivity index (χ2n) is 5.18. The smallest absolute Gasteiger partial charge is 0.272 e. The van der Waals surface area contributed by atoms with Crippen LogP contribution in [-0.2, 0) is 4.74 Å². The third kappa shape index (κ3) is 3.68. The molecule has 0 aromatic carbocycles. The maximum absolute atomic E-state index is 11.9. The van der Waals surface area contributed by atoms with Gasteiger partial charge in [-0.1, -0.05) is 0 Å². The topological polar surface area (TPSA) is 57.7 Å². The first-order valence-electron chi connectivity index (χ1n) is 6.79. The predicted molar refractivity (Wildman–Crippen MR) is 78.1 cm³/mol. The van der Waals surface area contributed by atoms with Crippen molar-refractivity contribution in [3.63, 3.8) is 0 Å². The molecule has 1 aliphatic rings. The largest absolute Gasteiger partial charge is 0.374 e. The number of likely N-dealkylation sites (N-methyl/N-ethyl adjacent to an activating group) is 1. The summed E-state index contributed by atoms with van der Waals surface area (Å²) in [6, 6.07) is 3.72. The maximum atomic E-state index is 11.9. The lowest BCUT2D eigenvalue weighted by Gasteiger charge is -2.29. The molecule has 1 fully saturated rings. The zero-order valence-corrected chi connectivity index (χ0v) is 12.3. The number of nitrogens with zero attached hydrogens (tertiary/aromatic N) is 3. The minimum atomic E-state index is -0.0872. The van der Waals surface area contributed by atoms with E-state index in [0.717, 1.165) is 31.9 Å². The Labute approximate surface area is 119 Å². The van der Waals surface area contributed by atoms with Crippen LogP contribution in [0.15, 0.2) is 18.3 Å². The molecule has 1 aromatic rings. The van der Waals surface area contributed by atoms with Gasteiger partial charge in [0.15, 0.2) is 0 Å². The quantitative estimate of drug-likeness (QED) is 0.853. The van der Waals surface area contributed by atoms with E-state index in [1.165, 1.54) is 4.90 Å². The van der Waals surface area contributed by atoms with Gasteiger partial charge in [-0.2, -0.15) is 0 Å². The summed E-state index contributed by atoms with van der Waals surface area (Å²) < 4.78 is 5.69. The first-order valence-corrected chi connectivity index (χ1v) is 6.79. The molecule has 0 saturated carbocycles. The molecule has 20 heavy (non-hydrogen) atoms. The number of hydrogen-bond donors (Lipinski definition) is 1. The Morgan fingerprint density at radius 1 is 1.50 bits per heavy atom. The van der Waals surface area contributed by atoms with Gasteiger partial charge in [-0.3, -0.25) is 9.78 Å². The molecule has 2 rings (SSSR count). The lowest BCUT2D eigenvalue weighted by atomic mass is 10.2. The normalized spacial score (nSPS) is 18.6. The summed E-state index contributed by atoms with van der Waals surface area (Å²) in [5, 5.41) is 3.31. The van der Waals surface area contributed by atoms with Gasteiger partial charge in [0, 0.05) is 52.7 Å². The highest BCUT2D eigenvalue weighted by Crippen LogP contribution is 2.15. The number of nitrogens with one attached hydrogen (secondary N) is 1. The van der Waals surface area contributed by atoms with Crippen LogP contribution < -0.4 is 10.2 Å². The summed E-state index contributed by atoms with van der Waals surface area (Å²) in [7, 11) is 5.45. The standard InChI is InChI=1S/C14H22N4O2/c1-17(2)14(19)13-8-11(4-5-16-13)18(3)10-12-9-15-6-7-20-12/h4-5,8,12,15H,6-7,9-10H2,1-3H3. The lowest BCUT2D eigenvalue weighted by molar-refractivity contribution is 0.0340. The van der Waals surface area contributed by atoms with E-state index in [-0.39, 0.29) is 12.0 Å². The molecule has 6 heteroatoms. The molecule has 110 valence electrons. The van der Waals surface area contributed by atoms with Crippen molar-refractivity contribution in [3.8, 4) is 0 Å². The molecule has 0 radical (unpaired) electrons. The van der Waals surface area contributed by atoms with E-state index >= 15 is 0 Å². The number of carbonyl (C=O) groups is 1. The molecule has 1 aliphatic heterocycles. The van der Waals surface area contributed by atoms with Gasteiger partial charge in [0.05, 0.1) is 12.7 Å². The van der Waals surface area contributed by atoms with Gasteiger partial charge in [-0.15, -0.1) is 0 Å². The fourth-order valence-electron chi connectivity index (χ4n) is 2.15. The van der Waals surface area contributed by atoms with Crippen LogP contribution in [0.3, 0.4) is 0 Å². The third-order valence-corrected chi connectivity index (χ3v) is 3.29. The molecule has 6 nitrogen and oxygen atoms in total. The monoisotopic (exact) mass is 278 g/mol. The van der Waals surface area contributed by atoms with E-state index in [9.17, 15) is 4.79 Å². The number of amides is 1. The molecular weight excluding hydrogens is 256 g/mol. The van der Waals surface area contributed by atoms with Crippen LogP contribution in [-0.4, -0.2) is 69.3 Å². The summed E-state index contributed by atoms with van der Waals surface area (Å²) in [4.78, 5) is 19.7. The number of aromatic nitrogens is 1. The molecule has 1 unspecified atom stereocenters. The summed E-state index contributed by atoms with van der Waals surface area (Å²) in [5.74, 6) is -0.0872. The van der Waals surface area contributed by atoms with E-state index in [0.29, 0.717) is 5.69 Å². The van der Waals surface area contributed by atoms with Gasteiger partial charge >= 0.3 is 0 Å². The van der Waals surface area contributed by atoms with Crippen LogP contribution in [0, 0.1) is 0 Å². The zero-order valence-electron chi connectivity index (χ0n) is 12.3. The third-order valence-electron chi connectivity index (χ3n) is 3.29. The second kappa shape index (κ2) is 6.67. The number of anilines is 1. The number of ether oxygens (including phenoxy) is 1. The average molecular weight is 278 g/mol. The molecule has 1 atom stereocenters. The van der Waals surface area contributed by atoms with Gasteiger partial charge < -0.3 is 19.9 Å². The highest BCUT2D eigenvalue weighted by Gasteiger charge is 2.17. The Balaban J connectivity index is 2.03. The molecule has 1 amide bonds. The number of pyridine rings is 1. The van der Waals surface area contributed by atoms with Gasteiger partial charge in [0.2, 0.25) is 0 Å². The Bertz CT molecular complexity index is 458. The van der Waals surface area contributed by atoms with Crippen LogP contribution in [0.4, 0.5) is 5.69 Å². The van der Waals surface area contributed by atoms with Gasteiger partial charge in [0.25, 0.3) is 5.91 Å². The molecule has 0 aliphatic carbocycles. The molecule has 0 bridgehead atoms. The van der Waals surface area contributed by atoms with Crippen LogP contribution >= 0.6 is 0 Å². The first-order chi connectivity index (χ1) is 9.58. The van der Waals surface area contributed by atoms with Crippen LogP contribution in [0.25, 0.3) is 0 Å². The minimum Gasteiger partial charge on any atom is -0.374 e. The molecule has 1 saturated heterocycles. The highest BCUT2D eigenvalue weighted by atomic mass is 16.5. The van der Waals surface area contributed by atoms with E-state index in [4.69, 9.17) is 4.74 Å². The number of morpholine rings is 1. The van der Waals surface area contributed by atoms with Crippen LogP contribution in [0.2, 0.25) is 0 Å². The Kier molecular flexibility index (Phi) is 4.92. The number of carbonyl (C=O) groups excluding carboxylic acids is 1. The maximum Gasteiger partial charge on any atom is 0.272 e. The lowest BCUT2D eigenvalue weighted by Crippen LogP contribution is -2.44. The molecule has 2 heterocycles. The first kappa shape index (κ1) is 14.7. The fraction of sp³-hybridized carbons (Fsp3) is 0.571. The SMILES string of the molecule is CN(C)C(=O)c1cc(N(C)CC2CNCCO2)ccn1. The van der Waals surface area contributed by atoms with Crippen LogP contribution in [0.5, 0.6) is 0 Å². The number of hydrogen-bond acceptors (Lipinski definition) is 5. The van der Waals surface area contributed by atoms with Crippen molar-refractivity contribution in [2.24, 2.45) is 0 Å². The van der Waals surface area contributed by atoms with E-state index in [1.807, 2.05) is 19.2 Å². The molecule has 1 N–H and O–H groups in total. The molecular formula is C14H22N4O2. The Morgan fingerprint density at radius 2 is 2.30 bits per heavy atom. The van der Waals surface area contributed by atoms with Crippen LogP contribution in [0.1, 0.15) is 10.5 Å². The van der Waals surface area contributed by atoms with Gasteiger partial charge in [-0.05, 0) is 12.1 Å². The van der Waals surface area contributed by atoms with E-state index in [2.05, 4.69) is 15.2 Å². The Hall–Kier alpha value is -1.66. The van der Waals surface area contributed by atoms with Crippen molar-refractivity contribution >= 4 is 11.6 Å². The highest BCUT2D eigenvalue weighted by molar-refractivity contribution is 5.92. The average Bonchev–Trinajstić information content (AvgIpc) is 2.47. The predicted octanol–water partition coefficient (Wildman–Crippen LogP) is 0.208. The summed E-state index contributed by atoms with van der Waals surface area (Å²) in [6.07, 6.45) is 1.85. The Morgan fingerprint density at radius 3 is 2.95 bits per heavy atom. The van der Waals surface area contributed by atoms with Crippen molar-refractivity contribution in [2.45, 2.75) is 6.10 Å². The summed E-state index contributed by atoms with van der Waals surface area (Å²) >= 11 is 0. The van der Waals surface area contributed by atoms with Crippen molar-refractivity contribution in [1.29, 1.82) is 0 Å². The fourth-order valence-corrected chi connectivity index (χ4v) is 2.15. The summed E-state index contributed by atoms with van der Waals surface area (Å²) in [6.45, 7) is 3.31. The zero-order chi connectivity index (χ0) is 14.5. The second-order valence-corrected chi connectivity index (χ2v) is 5.18. The van der Waals surface area contributed by atoms with E-state index in [1.54, 1.807) is 20.3 Å². The van der Waals surface area contributed by atoms with Gasteiger partial charge in [-0.25, -0.2) is 0 Å².